The largest absolute Gasteiger partial charge is 0.505 e. The highest BCUT2D eigenvalue weighted by atomic mass is 32.3. The average molecular weight is 364 g/mol. The number of rotatable bonds is 4. The second kappa shape index (κ2) is 5.44. The number of para-hydroxylation sites is 2. The summed E-state index contributed by atoms with van der Waals surface area (Å²) in [5, 5.41) is 0.0135. The van der Waals surface area contributed by atoms with Crippen molar-refractivity contribution in [2.45, 2.75) is 0 Å². The third-order valence-electron chi connectivity index (χ3n) is 2.90. The molecular formula is C14H8N2O4S3. The van der Waals surface area contributed by atoms with Gasteiger partial charge < -0.3 is 8.37 Å². The summed E-state index contributed by atoms with van der Waals surface area (Å²) in [5.74, 6) is 0. The Balaban J connectivity index is 1.59. The Morgan fingerprint density at radius 2 is 1.17 bits per heavy atom. The Bertz CT molecular complexity index is 953. The standard InChI is InChI=1S/C14H8N2O4S3/c17-23(18,19-13-15-9-5-1-3-7-11(9)21-13)20-14-16-10-6-2-4-8-12(10)22-14/h1-8H. The molecule has 0 N–H and O–H groups in total. The zero-order valence-corrected chi connectivity index (χ0v) is 13.8. The Labute approximate surface area is 139 Å². The van der Waals surface area contributed by atoms with Crippen molar-refractivity contribution in [2.75, 3.05) is 0 Å². The van der Waals surface area contributed by atoms with Crippen molar-refractivity contribution in [1.29, 1.82) is 0 Å². The zero-order chi connectivity index (χ0) is 15.9. The lowest BCUT2D eigenvalue weighted by molar-refractivity contribution is 0.391. The van der Waals surface area contributed by atoms with Crippen LogP contribution in [-0.4, -0.2) is 18.4 Å². The molecule has 0 unspecified atom stereocenters. The Morgan fingerprint density at radius 3 is 1.61 bits per heavy atom. The summed E-state index contributed by atoms with van der Waals surface area (Å²) in [6.45, 7) is 0. The van der Waals surface area contributed by atoms with Gasteiger partial charge in [-0.1, -0.05) is 46.9 Å². The Morgan fingerprint density at radius 1 is 0.739 bits per heavy atom. The van der Waals surface area contributed by atoms with Crippen molar-refractivity contribution in [3.8, 4) is 10.4 Å². The lowest BCUT2D eigenvalue weighted by Crippen LogP contribution is -2.16. The van der Waals surface area contributed by atoms with E-state index in [0.29, 0.717) is 11.0 Å². The first-order chi connectivity index (χ1) is 11.1. The predicted octanol–water partition coefficient (Wildman–Crippen LogP) is 3.61. The van der Waals surface area contributed by atoms with E-state index in [1.165, 1.54) is 0 Å². The molecule has 4 rings (SSSR count). The minimum absolute atomic E-state index is 0.00677. The molecule has 0 aliphatic carbocycles. The maximum absolute atomic E-state index is 12.0. The second-order valence-corrected chi connectivity index (χ2v) is 7.61. The lowest BCUT2D eigenvalue weighted by Gasteiger charge is -2.01. The van der Waals surface area contributed by atoms with Crippen LogP contribution in [0.3, 0.4) is 0 Å². The molecule has 0 fully saturated rings. The summed E-state index contributed by atoms with van der Waals surface area (Å²) in [4.78, 5) is 8.20. The zero-order valence-electron chi connectivity index (χ0n) is 11.4. The van der Waals surface area contributed by atoms with E-state index in [-0.39, 0.29) is 10.4 Å². The van der Waals surface area contributed by atoms with Crippen molar-refractivity contribution in [1.82, 2.24) is 9.97 Å². The van der Waals surface area contributed by atoms with Crippen LogP contribution < -0.4 is 8.37 Å². The molecular weight excluding hydrogens is 356 g/mol. The van der Waals surface area contributed by atoms with Crippen molar-refractivity contribution in [3.63, 3.8) is 0 Å². The summed E-state index contributed by atoms with van der Waals surface area (Å²) in [7, 11) is -4.29. The summed E-state index contributed by atoms with van der Waals surface area (Å²) in [6, 6.07) is 14.5. The maximum Gasteiger partial charge on any atom is 0.505 e. The molecule has 23 heavy (non-hydrogen) atoms. The fraction of sp³-hybridized carbons (Fsp3) is 0. The van der Waals surface area contributed by atoms with Crippen molar-refractivity contribution < 1.29 is 16.8 Å². The number of aromatic nitrogens is 2. The lowest BCUT2D eigenvalue weighted by atomic mass is 10.3. The highest BCUT2D eigenvalue weighted by Crippen LogP contribution is 2.31. The van der Waals surface area contributed by atoms with Gasteiger partial charge in [0, 0.05) is 0 Å². The summed E-state index contributed by atoms with van der Waals surface area (Å²) in [6.07, 6.45) is 0. The quantitative estimate of drug-likeness (QED) is 0.550. The minimum Gasteiger partial charge on any atom is -0.322 e. The van der Waals surface area contributed by atoms with E-state index in [9.17, 15) is 8.42 Å². The number of nitrogens with zero attached hydrogens (tertiary/aromatic N) is 2. The summed E-state index contributed by atoms with van der Waals surface area (Å²) >= 11 is 2.26. The molecule has 2 aromatic heterocycles. The van der Waals surface area contributed by atoms with Gasteiger partial charge in [0.15, 0.2) is 0 Å². The monoisotopic (exact) mass is 364 g/mol. The minimum atomic E-state index is -4.29. The molecule has 0 atom stereocenters. The van der Waals surface area contributed by atoms with E-state index >= 15 is 0 Å². The van der Waals surface area contributed by atoms with E-state index < -0.39 is 10.4 Å². The van der Waals surface area contributed by atoms with Crippen LogP contribution >= 0.6 is 22.7 Å². The van der Waals surface area contributed by atoms with E-state index in [0.717, 1.165) is 32.1 Å². The summed E-state index contributed by atoms with van der Waals surface area (Å²) < 4.78 is 35.5. The van der Waals surface area contributed by atoms with Gasteiger partial charge in [-0.05, 0) is 24.3 Å². The van der Waals surface area contributed by atoms with Gasteiger partial charge in [0.2, 0.25) is 0 Å². The third-order valence-corrected chi connectivity index (χ3v) is 5.66. The SMILES string of the molecule is O=S(=O)(Oc1nc2ccccc2s1)Oc1nc2ccccc2s1. The molecule has 0 saturated heterocycles. The van der Waals surface area contributed by atoms with Crippen LogP contribution in [0.2, 0.25) is 0 Å². The van der Waals surface area contributed by atoms with Gasteiger partial charge in [-0.3, -0.25) is 0 Å². The van der Waals surface area contributed by atoms with Gasteiger partial charge >= 0.3 is 10.4 Å². The topological polar surface area (TPSA) is 78.4 Å². The van der Waals surface area contributed by atoms with Crippen LogP contribution in [0.15, 0.2) is 48.5 Å². The number of thiazole rings is 2. The Kier molecular flexibility index (Phi) is 3.40. The molecule has 4 aromatic rings. The van der Waals surface area contributed by atoms with Gasteiger partial charge in [0.25, 0.3) is 10.4 Å². The van der Waals surface area contributed by atoms with Crippen molar-refractivity contribution in [3.05, 3.63) is 48.5 Å². The van der Waals surface area contributed by atoms with Crippen LogP contribution in [0.4, 0.5) is 0 Å². The van der Waals surface area contributed by atoms with Crippen LogP contribution in [0.1, 0.15) is 0 Å². The highest BCUT2D eigenvalue weighted by Gasteiger charge is 2.21. The van der Waals surface area contributed by atoms with Crippen LogP contribution in [-0.2, 0) is 10.4 Å². The van der Waals surface area contributed by atoms with E-state index in [1.807, 2.05) is 36.4 Å². The van der Waals surface area contributed by atoms with E-state index in [1.54, 1.807) is 12.1 Å². The van der Waals surface area contributed by atoms with Crippen molar-refractivity contribution in [2.24, 2.45) is 0 Å². The molecule has 0 aliphatic heterocycles. The molecule has 6 nitrogen and oxygen atoms in total. The van der Waals surface area contributed by atoms with Gasteiger partial charge in [-0.25, -0.2) is 9.97 Å². The number of hydrogen-bond acceptors (Lipinski definition) is 8. The molecule has 2 heterocycles. The number of fused-ring (bicyclic) bond motifs is 2. The van der Waals surface area contributed by atoms with Crippen LogP contribution in [0, 0.1) is 0 Å². The molecule has 0 spiro atoms. The number of benzene rings is 2. The molecule has 0 aliphatic rings. The van der Waals surface area contributed by atoms with Crippen LogP contribution in [0.5, 0.6) is 10.4 Å². The van der Waals surface area contributed by atoms with Gasteiger partial charge in [-0.15, -0.1) is 8.42 Å². The maximum atomic E-state index is 12.0. The molecule has 0 bridgehead atoms. The molecule has 116 valence electrons. The molecule has 0 amide bonds. The second-order valence-electron chi connectivity index (χ2n) is 4.47. The van der Waals surface area contributed by atoms with Crippen LogP contribution in [0.25, 0.3) is 20.4 Å². The first-order valence-corrected chi connectivity index (χ1v) is 9.41. The normalized spacial score (nSPS) is 11.8. The fourth-order valence-corrected chi connectivity index (χ4v) is 4.59. The fourth-order valence-electron chi connectivity index (χ4n) is 1.97. The van der Waals surface area contributed by atoms with E-state index in [2.05, 4.69) is 9.97 Å². The first kappa shape index (κ1) is 14.4. The molecule has 0 saturated carbocycles. The van der Waals surface area contributed by atoms with Gasteiger partial charge in [0.05, 0.1) is 20.4 Å². The highest BCUT2D eigenvalue weighted by molar-refractivity contribution is 7.82. The summed E-state index contributed by atoms with van der Waals surface area (Å²) in [5.41, 5.74) is 1.34. The predicted molar refractivity (Wildman–Crippen MR) is 89.4 cm³/mol. The Hall–Kier alpha value is -2.23. The first-order valence-electron chi connectivity index (χ1n) is 6.44. The number of hydrogen-bond donors (Lipinski definition) is 0. The van der Waals surface area contributed by atoms with E-state index in [4.69, 9.17) is 8.37 Å². The van der Waals surface area contributed by atoms with Gasteiger partial charge in [0.1, 0.15) is 0 Å². The molecule has 0 radical (unpaired) electrons. The third kappa shape index (κ3) is 2.98. The van der Waals surface area contributed by atoms with Gasteiger partial charge in [-0.2, -0.15) is 0 Å². The smallest absolute Gasteiger partial charge is 0.322 e. The van der Waals surface area contributed by atoms with Crippen molar-refractivity contribution >= 4 is 53.5 Å². The molecule has 2 aromatic carbocycles. The molecule has 9 heteroatoms. The average Bonchev–Trinajstić information content (AvgIpc) is 3.07.